The molecule has 0 saturated carbocycles. The third-order valence-electron chi connectivity index (χ3n) is 4.85. The molecule has 1 aliphatic rings. The van der Waals surface area contributed by atoms with Gasteiger partial charge in [0.05, 0.1) is 22.9 Å². The molecule has 4 rings (SSSR count). The number of nitrogen functional groups attached to an aromatic ring is 1. The molecule has 0 unspecified atom stereocenters. The molecule has 0 spiro atoms. The van der Waals surface area contributed by atoms with Crippen molar-refractivity contribution in [1.29, 1.82) is 5.26 Å². The number of anilines is 3. The van der Waals surface area contributed by atoms with E-state index in [0.29, 0.717) is 35.4 Å². The zero-order valence-corrected chi connectivity index (χ0v) is 16.4. The van der Waals surface area contributed by atoms with Crippen LogP contribution in [-0.2, 0) is 13.0 Å². The van der Waals surface area contributed by atoms with E-state index in [1.54, 1.807) is 0 Å². The third kappa shape index (κ3) is 3.98. The lowest BCUT2D eigenvalue weighted by Crippen LogP contribution is -2.26. The molecular formula is C22H22N6O. The van der Waals surface area contributed by atoms with Gasteiger partial charge in [0, 0.05) is 30.9 Å². The molecule has 0 radical (unpaired) electrons. The van der Waals surface area contributed by atoms with Crippen LogP contribution in [0, 0.1) is 25.2 Å². The van der Waals surface area contributed by atoms with E-state index in [-0.39, 0.29) is 0 Å². The minimum absolute atomic E-state index is 0.481. The number of nitrogens with zero attached hydrogens (tertiary/aromatic N) is 3. The SMILES string of the molecule is Cc1cc(C#N)cc(C)c1Oc1nc(Nc2ccc(N)cc2)nc2c1CNCC2. The average molecular weight is 386 g/mol. The molecule has 146 valence electrons. The van der Waals surface area contributed by atoms with Crippen LogP contribution >= 0.6 is 0 Å². The Labute approximate surface area is 169 Å². The molecule has 7 heteroatoms. The number of aromatic nitrogens is 2. The summed E-state index contributed by atoms with van der Waals surface area (Å²) in [7, 11) is 0. The fourth-order valence-electron chi connectivity index (χ4n) is 3.42. The molecule has 0 aliphatic carbocycles. The molecule has 0 bridgehead atoms. The maximum absolute atomic E-state index is 9.18. The van der Waals surface area contributed by atoms with E-state index in [2.05, 4.69) is 26.7 Å². The van der Waals surface area contributed by atoms with Gasteiger partial charge in [-0.3, -0.25) is 0 Å². The van der Waals surface area contributed by atoms with Crippen LogP contribution in [0.4, 0.5) is 17.3 Å². The Bertz CT molecular complexity index is 1080. The number of nitriles is 1. The van der Waals surface area contributed by atoms with Gasteiger partial charge in [0.15, 0.2) is 0 Å². The van der Waals surface area contributed by atoms with Crippen LogP contribution in [-0.4, -0.2) is 16.5 Å². The molecule has 2 aromatic carbocycles. The summed E-state index contributed by atoms with van der Waals surface area (Å²) in [5.74, 6) is 1.72. The molecule has 1 aromatic heterocycles. The second-order valence-corrected chi connectivity index (χ2v) is 7.10. The summed E-state index contributed by atoms with van der Waals surface area (Å²) in [6, 6.07) is 13.2. The van der Waals surface area contributed by atoms with Crippen LogP contribution in [0.2, 0.25) is 0 Å². The summed E-state index contributed by atoms with van der Waals surface area (Å²) in [5, 5.41) is 15.8. The molecular weight excluding hydrogens is 364 g/mol. The van der Waals surface area contributed by atoms with E-state index >= 15 is 0 Å². The molecule has 2 heterocycles. The van der Waals surface area contributed by atoms with Gasteiger partial charge >= 0.3 is 0 Å². The normalized spacial score (nSPS) is 12.7. The van der Waals surface area contributed by atoms with E-state index < -0.39 is 0 Å². The van der Waals surface area contributed by atoms with Crippen LogP contribution in [0.3, 0.4) is 0 Å². The second-order valence-electron chi connectivity index (χ2n) is 7.10. The fraction of sp³-hybridized carbons (Fsp3) is 0.227. The highest BCUT2D eigenvalue weighted by Crippen LogP contribution is 2.33. The molecule has 0 fully saturated rings. The van der Waals surface area contributed by atoms with E-state index in [1.165, 1.54) is 0 Å². The van der Waals surface area contributed by atoms with Gasteiger partial charge in [-0.15, -0.1) is 0 Å². The van der Waals surface area contributed by atoms with Gasteiger partial charge < -0.3 is 21.1 Å². The van der Waals surface area contributed by atoms with E-state index in [0.717, 1.165) is 41.0 Å². The summed E-state index contributed by atoms with van der Waals surface area (Å²) in [5.41, 5.74) is 11.6. The van der Waals surface area contributed by atoms with Crippen molar-refractivity contribution in [2.24, 2.45) is 0 Å². The molecule has 7 nitrogen and oxygen atoms in total. The number of fused-ring (bicyclic) bond motifs is 1. The minimum Gasteiger partial charge on any atom is -0.438 e. The van der Waals surface area contributed by atoms with Crippen molar-refractivity contribution in [3.8, 4) is 17.7 Å². The number of benzene rings is 2. The zero-order valence-electron chi connectivity index (χ0n) is 16.4. The highest BCUT2D eigenvalue weighted by molar-refractivity contribution is 5.58. The number of hydrogen-bond donors (Lipinski definition) is 3. The maximum Gasteiger partial charge on any atom is 0.230 e. The Hall–Kier alpha value is -3.63. The predicted molar refractivity (Wildman–Crippen MR) is 112 cm³/mol. The van der Waals surface area contributed by atoms with E-state index in [1.807, 2.05) is 50.2 Å². The van der Waals surface area contributed by atoms with Gasteiger partial charge in [-0.05, 0) is 61.4 Å². The van der Waals surface area contributed by atoms with Gasteiger partial charge in [0.1, 0.15) is 5.75 Å². The molecule has 4 N–H and O–H groups in total. The maximum atomic E-state index is 9.18. The van der Waals surface area contributed by atoms with Crippen molar-refractivity contribution in [1.82, 2.24) is 15.3 Å². The molecule has 0 saturated heterocycles. The Morgan fingerprint density at radius 2 is 1.86 bits per heavy atom. The standard InChI is InChI=1S/C22H22N6O/c1-13-9-15(11-23)10-14(2)20(13)29-21-18-12-25-8-7-19(18)27-22(28-21)26-17-5-3-16(24)4-6-17/h3-6,9-10,25H,7-8,12,24H2,1-2H3,(H,26,27,28). The van der Waals surface area contributed by atoms with Crippen LogP contribution in [0.1, 0.15) is 27.9 Å². The number of nitrogens with one attached hydrogen (secondary N) is 2. The summed E-state index contributed by atoms with van der Waals surface area (Å²) in [4.78, 5) is 9.33. The Morgan fingerprint density at radius 3 is 2.55 bits per heavy atom. The number of hydrogen-bond acceptors (Lipinski definition) is 7. The van der Waals surface area contributed by atoms with Crippen LogP contribution < -0.4 is 21.1 Å². The predicted octanol–water partition coefficient (Wildman–Crippen LogP) is 3.73. The number of nitrogens with two attached hydrogens (primary N) is 1. The smallest absolute Gasteiger partial charge is 0.230 e. The minimum atomic E-state index is 0.481. The highest BCUT2D eigenvalue weighted by atomic mass is 16.5. The summed E-state index contributed by atoms with van der Waals surface area (Å²) < 4.78 is 6.27. The Morgan fingerprint density at radius 1 is 1.14 bits per heavy atom. The van der Waals surface area contributed by atoms with Gasteiger partial charge in [-0.1, -0.05) is 0 Å². The Kier molecular flexibility index (Phi) is 5.02. The summed E-state index contributed by atoms with van der Waals surface area (Å²) in [6.07, 6.45) is 0.802. The first-order chi connectivity index (χ1) is 14.0. The van der Waals surface area contributed by atoms with Crippen molar-refractivity contribution in [2.75, 3.05) is 17.6 Å². The fourth-order valence-corrected chi connectivity index (χ4v) is 3.42. The third-order valence-corrected chi connectivity index (χ3v) is 4.85. The molecule has 0 amide bonds. The van der Waals surface area contributed by atoms with Crippen molar-refractivity contribution in [3.63, 3.8) is 0 Å². The number of aryl methyl sites for hydroxylation is 2. The van der Waals surface area contributed by atoms with Crippen LogP contribution in [0.5, 0.6) is 11.6 Å². The van der Waals surface area contributed by atoms with Crippen LogP contribution in [0.15, 0.2) is 36.4 Å². The molecule has 1 aliphatic heterocycles. The van der Waals surface area contributed by atoms with E-state index in [9.17, 15) is 5.26 Å². The van der Waals surface area contributed by atoms with Crippen molar-refractivity contribution >= 4 is 17.3 Å². The number of rotatable bonds is 4. The van der Waals surface area contributed by atoms with Crippen LogP contribution in [0.25, 0.3) is 0 Å². The first-order valence-corrected chi connectivity index (χ1v) is 9.46. The summed E-state index contributed by atoms with van der Waals surface area (Å²) in [6.45, 7) is 5.38. The molecule has 0 atom stereocenters. The first-order valence-electron chi connectivity index (χ1n) is 9.46. The lowest BCUT2D eigenvalue weighted by Gasteiger charge is -2.21. The van der Waals surface area contributed by atoms with Gasteiger partial charge in [-0.2, -0.15) is 10.2 Å². The molecule has 3 aromatic rings. The van der Waals surface area contributed by atoms with Gasteiger partial charge in [0.25, 0.3) is 0 Å². The largest absolute Gasteiger partial charge is 0.438 e. The molecule has 29 heavy (non-hydrogen) atoms. The van der Waals surface area contributed by atoms with E-state index in [4.69, 9.17) is 10.5 Å². The highest BCUT2D eigenvalue weighted by Gasteiger charge is 2.20. The zero-order chi connectivity index (χ0) is 20.4. The second kappa shape index (κ2) is 7.78. The lowest BCUT2D eigenvalue weighted by atomic mass is 10.1. The average Bonchev–Trinajstić information content (AvgIpc) is 2.72. The lowest BCUT2D eigenvalue weighted by molar-refractivity contribution is 0.439. The first kappa shape index (κ1) is 18.7. The van der Waals surface area contributed by atoms with Gasteiger partial charge in [0.2, 0.25) is 11.8 Å². The summed E-state index contributed by atoms with van der Waals surface area (Å²) >= 11 is 0. The number of ether oxygens (including phenoxy) is 1. The monoisotopic (exact) mass is 386 g/mol. The van der Waals surface area contributed by atoms with Crippen molar-refractivity contribution in [3.05, 3.63) is 64.3 Å². The topological polar surface area (TPSA) is 109 Å². The Balaban J connectivity index is 1.72. The van der Waals surface area contributed by atoms with Gasteiger partial charge in [-0.25, -0.2) is 4.98 Å². The van der Waals surface area contributed by atoms with Crippen molar-refractivity contribution < 1.29 is 4.74 Å². The van der Waals surface area contributed by atoms with Crippen molar-refractivity contribution in [2.45, 2.75) is 26.8 Å². The quantitative estimate of drug-likeness (QED) is 0.586.